The van der Waals surface area contributed by atoms with Crippen molar-refractivity contribution in [3.05, 3.63) is 120 Å². The van der Waals surface area contributed by atoms with Crippen molar-refractivity contribution in [3.8, 4) is 5.69 Å². The van der Waals surface area contributed by atoms with Crippen LogP contribution in [0.25, 0.3) is 5.69 Å². The quantitative estimate of drug-likeness (QED) is 0.418. The normalized spacial score (nSPS) is 11.8. The molecular weight excluding hydrogens is 389 g/mol. The second kappa shape index (κ2) is 9.39. The number of amides is 1. The Morgan fingerprint density at radius 1 is 0.935 bits per heavy atom. The lowest BCUT2D eigenvalue weighted by Crippen LogP contribution is -2.32. The Balaban J connectivity index is 1.48. The van der Waals surface area contributed by atoms with Crippen LogP contribution in [0.5, 0.6) is 0 Å². The van der Waals surface area contributed by atoms with E-state index < -0.39 is 0 Å². The van der Waals surface area contributed by atoms with Crippen molar-refractivity contribution in [1.82, 2.24) is 14.7 Å². The molecule has 0 fully saturated rings. The van der Waals surface area contributed by atoms with Crippen LogP contribution in [0.1, 0.15) is 29.2 Å². The Hall–Kier alpha value is -3.73. The Kier molecular flexibility index (Phi) is 6.22. The number of benzene rings is 3. The number of hydrogen-bond donors (Lipinski definition) is 0. The van der Waals surface area contributed by atoms with Crippen LogP contribution < -0.4 is 0 Å². The fourth-order valence-corrected chi connectivity index (χ4v) is 3.70. The number of para-hydroxylation sites is 1. The minimum absolute atomic E-state index is 0.0191. The first kappa shape index (κ1) is 20.5. The molecule has 156 valence electrons. The lowest BCUT2D eigenvalue weighted by molar-refractivity contribution is -0.131. The molecule has 0 radical (unpaired) electrons. The van der Waals surface area contributed by atoms with Gasteiger partial charge in [0.05, 0.1) is 17.9 Å². The molecule has 4 aromatic rings. The van der Waals surface area contributed by atoms with E-state index in [9.17, 15) is 9.18 Å². The van der Waals surface area contributed by atoms with E-state index in [0.29, 0.717) is 12.8 Å². The minimum Gasteiger partial charge on any atom is -0.335 e. The van der Waals surface area contributed by atoms with Crippen molar-refractivity contribution in [1.29, 1.82) is 0 Å². The molecule has 0 bridgehead atoms. The Morgan fingerprint density at radius 2 is 1.55 bits per heavy atom. The molecule has 0 N–H and O–H groups in total. The van der Waals surface area contributed by atoms with Crippen LogP contribution in [0.3, 0.4) is 0 Å². The van der Waals surface area contributed by atoms with Crippen LogP contribution in [-0.4, -0.2) is 27.6 Å². The lowest BCUT2D eigenvalue weighted by Gasteiger charge is -2.29. The molecule has 0 aliphatic rings. The molecule has 1 aromatic heterocycles. The molecule has 0 aliphatic heterocycles. The van der Waals surface area contributed by atoms with Gasteiger partial charge in [0.2, 0.25) is 5.91 Å². The van der Waals surface area contributed by atoms with Gasteiger partial charge in [-0.1, -0.05) is 60.7 Å². The zero-order valence-electron chi connectivity index (χ0n) is 17.4. The molecule has 4 rings (SSSR count). The van der Waals surface area contributed by atoms with Gasteiger partial charge in [-0.15, -0.1) is 0 Å². The SMILES string of the molecule is CN(C(=O)CCc1cnn(-c2ccccc2)c1)C(c1ccccc1)c1ccc(F)cc1. The molecule has 4 nitrogen and oxygen atoms in total. The maximum absolute atomic E-state index is 13.5. The maximum Gasteiger partial charge on any atom is 0.223 e. The highest BCUT2D eigenvalue weighted by Crippen LogP contribution is 2.28. The van der Waals surface area contributed by atoms with Crippen molar-refractivity contribution >= 4 is 5.91 Å². The summed E-state index contributed by atoms with van der Waals surface area (Å²) in [6, 6.07) is 25.7. The van der Waals surface area contributed by atoms with E-state index in [-0.39, 0.29) is 17.8 Å². The molecule has 3 aromatic carbocycles. The highest BCUT2D eigenvalue weighted by Gasteiger charge is 2.23. The van der Waals surface area contributed by atoms with Gasteiger partial charge in [0.1, 0.15) is 5.82 Å². The summed E-state index contributed by atoms with van der Waals surface area (Å²) < 4.78 is 15.3. The second-order valence-corrected chi connectivity index (χ2v) is 7.50. The van der Waals surface area contributed by atoms with Gasteiger partial charge in [-0.25, -0.2) is 9.07 Å². The first-order chi connectivity index (χ1) is 15.1. The Bertz CT molecular complexity index is 1120. The second-order valence-electron chi connectivity index (χ2n) is 7.50. The third kappa shape index (κ3) is 4.89. The predicted molar refractivity (Wildman–Crippen MR) is 119 cm³/mol. The van der Waals surface area contributed by atoms with E-state index in [2.05, 4.69) is 5.10 Å². The molecule has 0 saturated carbocycles. The first-order valence-electron chi connectivity index (χ1n) is 10.3. The van der Waals surface area contributed by atoms with E-state index >= 15 is 0 Å². The Labute approximate surface area is 181 Å². The number of carbonyl (C=O) groups excluding carboxylic acids is 1. The number of carbonyl (C=O) groups is 1. The minimum atomic E-state index is -0.292. The van der Waals surface area contributed by atoms with Crippen molar-refractivity contribution in [3.63, 3.8) is 0 Å². The number of halogens is 1. The molecular formula is C26H24FN3O. The van der Waals surface area contributed by atoms with Gasteiger partial charge in [0.25, 0.3) is 0 Å². The van der Waals surface area contributed by atoms with E-state index in [1.165, 1.54) is 12.1 Å². The van der Waals surface area contributed by atoms with Crippen molar-refractivity contribution in [2.45, 2.75) is 18.9 Å². The average Bonchev–Trinajstić information content (AvgIpc) is 3.29. The van der Waals surface area contributed by atoms with Crippen LogP contribution in [0.4, 0.5) is 4.39 Å². The molecule has 0 spiro atoms. The van der Waals surface area contributed by atoms with E-state index in [1.54, 1.807) is 30.3 Å². The zero-order valence-corrected chi connectivity index (χ0v) is 17.4. The summed E-state index contributed by atoms with van der Waals surface area (Å²) in [5, 5.41) is 4.40. The summed E-state index contributed by atoms with van der Waals surface area (Å²) >= 11 is 0. The van der Waals surface area contributed by atoms with Crippen molar-refractivity contribution in [2.75, 3.05) is 7.05 Å². The van der Waals surface area contributed by atoms with Crippen LogP contribution in [0, 0.1) is 5.82 Å². The van der Waals surface area contributed by atoms with Gasteiger partial charge in [0.15, 0.2) is 0 Å². The third-order valence-corrected chi connectivity index (χ3v) is 5.37. The largest absolute Gasteiger partial charge is 0.335 e. The summed E-state index contributed by atoms with van der Waals surface area (Å²) in [6.07, 6.45) is 4.72. The predicted octanol–water partition coefficient (Wildman–Crippen LogP) is 5.19. The van der Waals surface area contributed by atoms with Gasteiger partial charge < -0.3 is 4.90 Å². The van der Waals surface area contributed by atoms with Crippen molar-refractivity contribution < 1.29 is 9.18 Å². The van der Waals surface area contributed by atoms with Crippen LogP contribution in [-0.2, 0) is 11.2 Å². The fourth-order valence-electron chi connectivity index (χ4n) is 3.70. The monoisotopic (exact) mass is 413 g/mol. The molecule has 0 aliphatic carbocycles. The molecule has 1 unspecified atom stereocenters. The maximum atomic E-state index is 13.5. The summed E-state index contributed by atoms with van der Waals surface area (Å²) in [7, 11) is 1.80. The topological polar surface area (TPSA) is 38.1 Å². The third-order valence-electron chi connectivity index (χ3n) is 5.37. The summed E-state index contributed by atoms with van der Waals surface area (Å²) in [5.74, 6) is -0.273. The first-order valence-corrected chi connectivity index (χ1v) is 10.3. The van der Waals surface area contributed by atoms with E-state index in [4.69, 9.17) is 0 Å². The fraction of sp³-hybridized carbons (Fsp3) is 0.154. The van der Waals surface area contributed by atoms with Gasteiger partial charge in [-0.05, 0) is 47.4 Å². The van der Waals surface area contributed by atoms with Gasteiger partial charge in [-0.3, -0.25) is 4.79 Å². The number of rotatable bonds is 7. The number of aryl methyl sites for hydroxylation is 1. The molecule has 0 saturated heterocycles. The standard InChI is InChI=1S/C26H24FN3O/c1-29(26(21-8-4-2-5-9-21)22-13-15-23(27)16-14-22)25(31)17-12-20-18-28-30(19-20)24-10-6-3-7-11-24/h2-11,13-16,18-19,26H,12,17H2,1H3. The van der Waals surface area contributed by atoms with Crippen molar-refractivity contribution in [2.24, 2.45) is 0 Å². The smallest absolute Gasteiger partial charge is 0.223 e. The summed E-state index contributed by atoms with van der Waals surface area (Å²) in [5.41, 5.74) is 3.85. The highest BCUT2D eigenvalue weighted by atomic mass is 19.1. The Morgan fingerprint density at radius 3 is 2.23 bits per heavy atom. The number of nitrogens with zero attached hydrogens (tertiary/aromatic N) is 3. The highest BCUT2D eigenvalue weighted by molar-refractivity contribution is 5.77. The van der Waals surface area contributed by atoms with E-state index in [0.717, 1.165) is 22.4 Å². The number of hydrogen-bond acceptors (Lipinski definition) is 2. The van der Waals surface area contributed by atoms with Crippen LogP contribution in [0.15, 0.2) is 97.3 Å². The van der Waals surface area contributed by atoms with E-state index in [1.807, 2.05) is 71.5 Å². The molecule has 5 heteroatoms. The lowest BCUT2D eigenvalue weighted by atomic mass is 9.97. The molecule has 1 heterocycles. The number of aromatic nitrogens is 2. The zero-order chi connectivity index (χ0) is 21.6. The van der Waals surface area contributed by atoms with Gasteiger partial charge in [-0.2, -0.15) is 5.10 Å². The molecule has 31 heavy (non-hydrogen) atoms. The average molecular weight is 413 g/mol. The van der Waals surface area contributed by atoms with Crippen LogP contribution >= 0.6 is 0 Å². The summed E-state index contributed by atoms with van der Waals surface area (Å²) in [6.45, 7) is 0. The molecule has 1 atom stereocenters. The van der Waals surface area contributed by atoms with Crippen LogP contribution in [0.2, 0.25) is 0 Å². The van der Waals surface area contributed by atoms with Gasteiger partial charge in [0, 0.05) is 19.7 Å². The van der Waals surface area contributed by atoms with Gasteiger partial charge >= 0.3 is 0 Å². The molecule has 1 amide bonds. The summed E-state index contributed by atoms with van der Waals surface area (Å²) in [4.78, 5) is 14.8.